The maximum atomic E-state index is 11.0. The van der Waals surface area contributed by atoms with Crippen molar-refractivity contribution in [2.45, 2.75) is 31.7 Å². The van der Waals surface area contributed by atoms with Gasteiger partial charge in [0.15, 0.2) is 11.6 Å². The summed E-state index contributed by atoms with van der Waals surface area (Å²) in [5.41, 5.74) is 11.0. The molecule has 5 N–H and O–H groups in total. The van der Waals surface area contributed by atoms with Gasteiger partial charge in [-0.15, -0.1) is 0 Å². The molecule has 0 radical (unpaired) electrons. The molecule has 0 saturated heterocycles. The van der Waals surface area contributed by atoms with Crippen LogP contribution in [0.5, 0.6) is 0 Å². The minimum Gasteiger partial charge on any atom is -0.381 e. The van der Waals surface area contributed by atoms with Crippen LogP contribution < -0.4 is 16.8 Å². The van der Waals surface area contributed by atoms with Crippen molar-refractivity contribution in [3.63, 3.8) is 0 Å². The van der Waals surface area contributed by atoms with Gasteiger partial charge in [-0.3, -0.25) is 4.79 Å². The Kier molecular flexibility index (Phi) is 3.41. The molecule has 0 atom stereocenters. The first-order valence-electron chi connectivity index (χ1n) is 5.79. The molecular weight excluding hydrogens is 218 g/mol. The van der Waals surface area contributed by atoms with E-state index in [0.29, 0.717) is 17.7 Å². The highest BCUT2D eigenvalue weighted by molar-refractivity contribution is 5.76. The standard InChI is InChI=1S/C11H17N5O/c12-9-11(15-6-5-14-9)16-8-3-1-7(2-4-8)10(13)17/h5-8H,1-4H2,(H2,12,14)(H2,13,17)(H,15,16). The summed E-state index contributed by atoms with van der Waals surface area (Å²) in [4.78, 5) is 19.1. The van der Waals surface area contributed by atoms with Gasteiger partial charge in [-0.05, 0) is 25.7 Å². The number of primary amides is 1. The molecule has 17 heavy (non-hydrogen) atoms. The van der Waals surface area contributed by atoms with Crippen LogP contribution in [0.15, 0.2) is 12.4 Å². The first-order chi connectivity index (χ1) is 8.16. The SMILES string of the molecule is NC(=O)C1CCC(Nc2nccnc2N)CC1. The van der Waals surface area contributed by atoms with Crippen molar-refractivity contribution in [2.24, 2.45) is 11.7 Å². The number of nitrogens with one attached hydrogen (secondary N) is 1. The van der Waals surface area contributed by atoms with E-state index >= 15 is 0 Å². The van der Waals surface area contributed by atoms with E-state index in [0.717, 1.165) is 25.7 Å². The lowest BCUT2D eigenvalue weighted by Gasteiger charge is -2.27. The predicted octanol–water partition coefficient (Wildman–Crippen LogP) is 0.515. The Balaban J connectivity index is 1.90. The van der Waals surface area contributed by atoms with Crippen molar-refractivity contribution in [2.75, 3.05) is 11.1 Å². The topological polar surface area (TPSA) is 107 Å². The number of nitrogen functional groups attached to an aromatic ring is 1. The molecule has 1 amide bonds. The molecule has 1 fully saturated rings. The highest BCUT2D eigenvalue weighted by atomic mass is 16.1. The molecule has 1 saturated carbocycles. The van der Waals surface area contributed by atoms with Crippen molar-refractivity contribution in [1.29, 1.82) is 0 Å². The van der Waals surface area contributed by atoms with Gasteiger partial charge in [0.1, 0.15) is 0 Å². The number of hydrogen-bond acceptors (Lipinski definition) is 5. The van der Waals surface area contributed by atoms with Gasteiger partial charge in [0.2, 0.25) is 5.91 Å². The quantitative estimate of drug-likeness (QED) is 0.707. The number of rotatable bonds is 3. The van der Waals surface area contributed by atoms with Crippen LogP contribution in [0.1, 0.15) is 25.7 Å². The molecule has 0 unspecified atom stereocenters. The van der Waals surface area contributed by atoms with E-state index < -0.39 is 0 Å². The Morgan fingerprint density at radius 1 is 1.24 bits per heavy atom. The summed E-state index contributed by atoms with van der Waals surface area (Å²) in [6.45, 7) is 0. The lowest BCUT2D eigenvalue weighted by Crippen LogP contribution is -2.32. The lowest BCUT2D eigenvalue weighted by atomic mass is 9.85. The highest BCUT2D eigenvalue weighted by Gasteiger charge is 2.25. The normalized spacial score (nSPS) is 24.2. The minimum atomic E-state index is -0.192. The molecular formula is C11H17N5O. The van der Waals surface area contributed by atoms with Crippen molar-refractivity contribution in [3.8, 4) is 0 Å². The van der Waals surface area contributed by atoms with Crippen molar-refractivity contribution in [3.05, 3.63) is 12.4 Å². The van der Waals surface area contributed by atoms with Crippen molar-refractivity contribution >= 4 is 17.5 Å². The van der Waals surface area contributed by atoms with E-state index in [2.05, 4.69) is 15.3 Å². The summed E-state index contributed by atoms with van der Waals surface area (Å²) in [6.07, 6.45) is 6.63. The number of hydrogen-bond donors (Lipinski definition) is 3. The summed E-state index contributed by atoms with van der Waals surface area (Å²) < 4.78 is 0. The largest absolute Gasteiger partial charge is 0.381 e. The van der Waals surface area contributed by atoms with E-state index in [1.807, 2.05) is 0 Å². The maximum absolute atomic E-state index is 11.0. The fourth-order valence-electron chi connectivity index (χ4n) is 2.18. The monoisotopic (exact) mass is 235 g/mol. The van der Waals surface area contributed by atoms with E-state index in [1.54, 1.807) is 12.4 Å². The van der Waals surface area contributed by atoms with E-state index in [-0.39, 0.29) is 11.8 Å². The van der Waals surface area contributed by atoms with Crippen LogP contribution in [0.2, 0.25) is 0 Å². The fraction of sp³-hybridized carbons (Fsp3) is 0.545. The molecule has 1 heterocycles. The zero-order valence-electron chi connectivity index (χ0n) is 9.60. The summed E-state index contributed by atoms with van der Waals surface area (Å²) in [5.74, 6) is 0.856. The van der Waals surface area contributed by atoms with Gasteiger partial charge in [-0.1, -0.05) is 0 Å². The van der Waals surface area contributed by atoms with Gasteiger partial charge in [0.05, 0.1) is 0 Å². The molecule has 0 spiro atoms. The summed E-state index contributed by atoms with van der Waals surface area (Å²) in [6, 6.07) is 0.296. The summed E-state index contributed by atoms with van der Waals surface area (Å²) >= 11 is 0. The lowest BCUT2D eigenvalue weighted by molar-refractivity contribution is -0.122. The average molecular weight is 235 g/mol. The van der Waals surface area contributed by atoms with Crippen molar-refractivity contribution in [1.82, 2.24) is 9.97 Å². The van der Waals surface area contributed by atoms with E-state index in [1.165, 1.54) is 0 Å². The summed E-state index contributed by atoms with van der Waals surface area (Å²) in [7, 11) is 0. The number of carbonyl (C=O) groups is 1. The molecule has 1 aromatic rings. The molecule has 6 nitrogen and oxygen atoms in total. The van der Waals surface area contributed by atoms with Crippen LogP contribution in [-0.2, 0) is 4.79 Å². The summed E-state index contributed by atoms with van der Waals surface area (Å²) in [5, 5.41) is 3.26. The maximum Gasteiger partial charge on any atom is 0.220 e. The Morgan fingerprint density at radius 3 is 2.47 bits per heavy atom. The zero-order valence-corrected chi connectivity index (χ0v) is 9.60. The minimum absolute atomic E-state index is 0.0206. The van der Waals surface area contributed by atoms with Gasteiger partial charge in [0, 0.05) is 24.4 Å². The molecule has 1 aromatic heterocycles. The molecule has 92 valence electrons. The number of anilines is 2. The fourth-order valence-corrected chi connectivity index (χ4v) is 2.18. The average Bonchev–Trinajstić information content (AvgIpc) is 2.33. The van der Waals surface area contributed by atoms with Crippen LogP contribution >= 0.6 is 0 Å². The van der Waals surface area contributed by atoms with Crippen LogP contribution in [0, 0.1) is 5.92 Å². The highest BCUT2D eigenvalue weighted by Crippen LogP contribution is 2.26. The molecule has 0 aliphatic heterocycles. The number of nitrogens with zero attached hydrogens (tertiary/aromatic N) is 2. The van der Waals surface area contributed by atoms with Gasteiger partial charge < -0.3 is 16.8 Å². The third-order valence-electron chi connectivity index (χ3n) is 3.20. The van der Waals surface area contributed by atoms with Crippen LogP contribution in [0.3, 0.4) is 0 Å². The van der Waals surface area contributed by atoms with E-state index in [9.17, 15) is 4.79 Å². The van der Waals surface area contributed by atoms with Gasteiger partial charge in [0.25, 0.3) is 0 Å². The van der Waals surface area contributed by atoms with Gasteiger partial charge in [-0.25, -0.2) is 9.97 Å². The molecule has 1 aliphatic rings. The number of aromatic nitrogens is 2. The van der Waals surface area contributed by atoms with Gasteiger partial charge >= 0.3 is 0 Å². The Bertz CT molecular complexity index is 401. The van der Waals surface area contributed by atoms with Crippen molar-refractivity contribution < 1.29 is 4.79 Å². The Morgan fingerprint density at radius 2 is 1.88 bits per heavy atom. The second-order valence-electron chi connectivity index (χ2n) is 4.39. The molecule has 6 heteroatoms. The van der Waals surface area contributed by atoms with E-state index in [4.69, 9.17) is 11.5 Å². The third kappa shape index (κ3) is 2.83. The molecule has 0 aromatic carbocycles. The Hall–Kier alpha value is -1.85. The first-order valence-corrected chi connectivity index (χ1v) is 5.79. The van der Waals surface area contributed by atoms with Crippen LogP contribution in [-0.4, -0.2) is 21.9 Å². The number of nitrogens with two attached hydrogens (primary N) is 2. The van der Waals surface area contributed by atoms with Gasteiger partial charge in [-0.2, -0.15) is 0 Å². The first kappa shape index (κ1) is 11.6. The van der Waals surface area contributed by atoms with Crippen LogP contribution in [0.25, 0.3) is 0 Å². The second kappa shape index (κ2) is 4.99. The smallest absolute Gasteiger partial charge is 0.220 e. The molecule has 0 bridgehead atoms. The molecule has 2 rings (SSSR count). The predicted molar refractivity (Wildman–Crippen MR) is 65.0 cm³/mol. The van der Waals surface area contributed by atoms with Crippen LogP contribution in [0.4, 0.5) is 11.6 Å². The third-order valence-corrected chi connectivity index (χ3v) is 3.20. The second-order valence-corrected chi connectivity index (χ2v) is 4.39. The zero-order chi connectivity index (χ0) is 12.3. The number of carbonyl (C=O) groups excluding carboxylic acids is 1. The number of amides is 1. The Labute approximate surface area is 99.8 Å². The molecule has 1 aliphatic carbocycles.